The van der Waals surface area contributed by atoms with Crippen LogP contribution in [-0.4, -0.2) is 5.78 Å². The van der Waals surface area contributed by atoms with Crippen LogP contribution in [0.4, 0.5) is 8.78 Å². The van der Waals surface area contributed by atoms with Crippen molar-refractivity contribution < 1.29 is 13.6 Å². The molecule has 0 N–H and O–H groups in total. The number of benzene rings is 2. The van der Waals surface area contributed by atoms with E-state index in [4.69, 9.17) is 23.2 Å². The highest BCUT2D eigenvalue weighted by Gasteiger charge is 2.14. The van der Waals surface area contributed by atoms with Crippen LogP contribution in [0.2, 0.25) is 10.0 Å². The van der Waals surface area contributed by atoms with Gasteiger partial charge in [0.1, 0.15) is 11.6 Å². The van der Waals surface area contributed by atoms with E-state index in [1.807, 2.05) is 0 Å². The van der Waals surface area contributed by atoms with Gasteiger partial charge in [-0.05, 0) is 36.4 Å². The van der Waals surface area contributed by atoms with Gasteiger partial charge < -0.3 is 0 Å². The molecule has 0 atom stereocenters. The lowest BCUT2D eigenvalue weighted by Crippen LogP contribution is -2.03. The van der Waals surface area contributed by atoms with Crippen molar-refractivity contribution in [2.24, 2.45) is 0 Å². The molecule has 0 aromatic heterocycles. The van der Waals surface area contributed by atoms with E-state index < -0.39 is 17.4 Å². The molecular formula is C13H6Cl2F2O. The maximum absolute atomic E-state index is 13.2. The maximum Gasteiger partial charge on any atom is 0.194 e. The third-order valence-electron chi connectivity index (χ3n) is 2.36. The molecule has 0 fully saturated rings. The Morgan fingerprint density at radius 2 is 1.67 bits per heavy atom. The molecule has 0 saturated carbocycles. The van der Waals surface area contributed by atoms with Crippen molar-refractivity contribution in [1.82, 2.24) is 0 Å². The Morgan fingerprint density at radius 3 is 2.28 bits per heavy atom. The molecule has 0 aliphatic carbocycles. The molecule has 18 heavy (non-hydrogen) atoms. The molecule has 0 heterocycles. The largest absolute Gasteiger partial charge is 0.289 e. The van der Waals surface area contributed by atoms with Crippen molar-refractivity contribution in [3.05, 3.63) is 69.2 Å². The zero-order valence-electron chi connectivity index (χ0n) is 8.88. The Balaban J connectivity index is 2.44. The predicted octanol–water partition coefficient (Wildman–Crippen LogP) is 4.50. The van der Waals surface area contributed by atoms with Gasteiger partial charge in [-0.1, -0.05) is 23.2 Å². The first kappa shape index (κ1) is 13.0. The summed E-state index contributed by atoms with van der Waals surface area (Å²) in [7, 11) is 0. The van der Waals surface area contributed by atoms with Crippen molar-refractivity contribution in [2.75, 3.05) is 0 Å². The maximum atomic E-state index is 13.2. The molecule has 0 radical (unpaired) electrons. The highest BCUT2D eigenvalue weighted by Crippen LogP contribution is 2.23. The van der Waals surface area contributed by atoms with Crippen LogP contribution in [0.15, 0.2) is 36.4 Å². The number of rotatable bonds is 2. The van der Waals surface area contributed by atoms with Crippen molar-refractivity contribution in [3.8, 4) is 0 Å². The average molecular weight is 287 g/mol. The lowest BCUT2D eigenvalue weighted by Gasteiger charge is -2.04. The van der Waals surface area contributed by atoms with Gasteiger partial charge in [-0.25, -0.2) is 8.78 Å². The second-order valence-corrected chi connectivity index (χ2v) is 4.40. The van der Waals surface area contributed by atoms with Gasteiger partial charge in [0.05, 0.1) is 10.0 Å². The van der Waals surface area contributed by atoms with E-state index in [2.05, 4.69) is 0 Å². The molecule has 0 saturated heterocycles. The van der Waals surface area contributed by atoms with Gasteiger partial charge in [0.25, 0.3) is 0 Å². The molecule has 5 heteroatoms. The lowest BCUT2D eigenvalue weighted by molar-refractivity contribution is 0.103. The molecule has 0 aliphatic heterocycles. The standard InChI is InChI=1S/C13H6Cl2F2O/c14-10-4-1-7(5-12(10)17)13(18)9-3-2-8(16)6-11(9)15/h1-6H. The van der Waals surface area contributed by atoms with Crippen LogP contribution < -0.4 is 0 Å². The summed E-state index contributed by atoms with van der Waals surface area (Å²) in [6, 6.07) is 7.08. The van der Waals surface area contributed by atoms with Crippen LogP contribution in [-0.2, 0) is 0 Å². The monoisotopic (exact) mass is 286 g/mol. The number of carbonyl (C=O) groups excluding carboxylic acids is 1. The Bertz CT molecular complexity index is 626. The van der Waals surface area contributed by atoms with Gasteiger partial charge in [0, 0.05) is 11.1 Å². The Hall–Kier alpha value is -1.45. The Morgan fingerprint density at radius 1 is 0.944 bits per heavy atom. The van der Waals surface area contributed by atoms with Gasteiger partial charge in [0.15, 0.2) is 5.78 Å². The van der Waals surface area contributed by atoms with Crippen LogP contribution in [0.3, 0.4) is 0 Å². The van der Waals surface area contributed by atoms with E-state index in [1.54, 1.807) is 0 Å². The number of hydrogen-bond acceptors (Lipinski definition) is 1. The lowest BCUT2D eigenvalue weighted by atomic mass is 10.0. The molecule has 92 valence electrons. The zero-order chi connectivity index (χ0) is 13.3. The molecule has 2 rings (SSSR count). The first-order valence-electron chi connectivity index (χ1n) is 4.94. The van der Waals surface area contributed by atoms with Crippen molar-refractivity contribution in [3.63, 3.8) is 0 Å². The summed E-state index contributed by atoms with van der Waals surface area (Å²) in [5.41, 5.74) is 0.213. The minimum absolute atomic E-state index is 0.0182. The number of ketones is 1. The van der Waals surface area contributed by atoms with Crippen molar-refractivity contribution in [1.29, 1.82) is 0 Å². The summed E-state index contributed by atoms with van der Waals surface area (Å²) in [4.78, 5) is 12.0. The van der Waals surface area contributed by atoms with E-state index in [0.717, 1.165) is 18.2 Å². The number of carbonyl (C=O) groups is 1. The first-order valence-corrected chi connectivity index (χ1v) is 5.69. The van der Waals surface area contributed by atoms with Crippen LogP contribution in [0.5, 0.6) is 0 Å². The normalized spacial score (nSPS) is 10.4. The smallest absolute Gasteiger partial charge is 0.194 e. The van der Waals surface area contributed by atoms with E-state index in [9.17, 15) is 13.6 Å². The molecule has 0 unspecified atom stereocenters. The predicted molar refractivity (Wildman–Crippen MR) is 66.3 cm³/mol. The van der Waals surface area contributed by atoms with Gasteiger partial charge in [-0.2, -0.15) is 0 Å². The van der Waals surface area contributed by atoms with E-state index in [-0.39, 0.29) is 21.2 Å². The SMILES string of the molecule is O=C(c1ccc(Cl)c(F)c1)c1ccc(F)cc1Cl. The molecule has 0 aliphatic rings. The fourth-order valence-corrected chi connectivity index (χ4v) is 1.84. The second kappa shape index (κ2) is 5.04. The number of hydrogen-bond donors (Lipinski definition) is 0. The van der Waals surface area contributed by atoms with Crippen molar-refractivity contribution in [2.45, 2.75) is 0 Å². The molecule has 0 spiro atoms. The van der Waals surface area contributed by atoms with Crippen LogP contribution >= 0.6 is 23.2 Å². The quantitative estimate of drug-likeness (QED) is 0.743. The third kappa shape index (κ3) is 2.52. The summed E-state index contributed by atoms with van der Waals surface area (Å²) in [5.74, 6) is -1.73. The molecule has 2 aromatic rings. The highest BCUT2D eigenvalue weighted by molar-refractivity contribution is 6.35. The second-order valence-electron chi connectivity index (χ2n) is 3.58. The minimum atomic E-state index is -0.694. The zero-order valence-corrected chi connectivity index (χ0v) is 10.4. The Kier molecular flexibility index (Phi) is 3.64. The van der Waals surface area contributed by atoms with Crippen LogP contribution in [0.25, 0.3) is 0 Å². The summed E-state index contributed by atoms with van der Waals surface area (Å²) in [6.07, 6.45) is 0. The molecule has 0 bridgehead atoms. The van der Waals surface area contributed by atoms with Crippen molar-refractivity contribution >= 4 is 29.0 Å². The average Bonchev–Trinajstić information content (AvgIpc) is 2.32. The molecule has 0 amide bonds. The molecular weight excluding hydrogens is 281 g/mol. The topological polar surface area (TPSA) is 17.1 Å². The van der Waals surface area contributed by atoms with Gasteiger partial charge in [-0.3, -0.25) is 4.79 Å². The van der Waals surface area contributed by atoms with E-state index in [1.165, 1.54) is 18.2 Å². The fourth-order valence-electron chi connectivity index (χ4n) is 1.47. The summed E-state index contributed by atoms with van der Waals surface area (Å²) in [5, 5.41) is -0.0906. The first-order chi connectivity index (χ1) is 8.49. The number of halogens is 4. The third-order valence-corrected chi connectivity index (χ3v) is 2.98. The van der Waals surface area contributed by atoms with E-state index >= 15 is 0 Å². The van der Waals surface area contributed by atoms with E-state index in [0.29, 0.717) is 0 Å². The fraction of sp³-hybridized carbons (Fsp3) is 0. The van der Waals surface area contributed by atoms with Crippen LogP contribution in [0, 0.1) is 11.6 Å². The van der Waals surface area contributed by atoms with Gasteiger partial charge in [0.2, 0.25) is 0 Å². The Labute approximate surface area is 112 Å². The van der Waals surface area contributed by atoms with Gasteiger partial charge in [-0.15, -0.1) is 0 Å². The van der Waals surface area contributed by atoms with Crippen LogP contribution in [0.1, 0.15) is 15.9 Å². The molecule has 1 nitrogen and oxygen atoms in total. The highest BCUT2D eigenvalue weighted by atomic mass is 35.5. The summed E-state index contributed by atoms with van der Waals surface area (Å²) >= 11 is 11.3. The molecule has 2 aromatic carbocycles. The van der Waals surface area contributed by atoms with Gasteiger partial charge >= 0.3 is 0 Å². The summed E-state index contributed by atoms with van der Waals surface area (Å²) in [6.45, 7) is 0. The summed E-state index contributed by atoms with van der Waals surface area (Å²) < 4.78 is 26.1. The minimum Gasteiger partial charge on any atom is -0.289 e.